The SMILES string of the molecule is COc1ccc(S(=O)(=O)N(CC(C)C)C[C@@H](O)[C@H](Cc2ccccc2)[NH+](C)C(=O)C2CCCCC2)cc1. The van der Waals surface area contributed by atoms with Gasteiger partial charge in [0.25, 0.3) is 0 Å². The van der Waals surface area contributed by atoms with E-state index in [1.807, 2.05) is 51.2 Å². The molecule has 3 rings (SSSR count). The molecule has 2 N–H and O–H groups in total. The number of nitrogens with zero attached hydrogens (tertiary/aromatic N) is 1. The Kier molecular flexibility index (Phi) is 10.7. The molecule has 7 nitrogen and oxygen atoms in total. The number of quaternary nitrogens is 1. The van der Waals surface area contributed by atoms with Gasteiger partial charge in [-0.3, -0.25) is 4.90 Å². The average Bonchev–Trinajstić information content (AvgIpc) is 2.91. The van der Waals surface area contributed by atoms with Crippen LogP contribution in [0.5, 0.6) is 5.75 Å². The first-order chi connectivity index (χ1) is 17.6. The van der Waals surface area contributed by atoms with Crippen molar-refractivity contribution in [1.82, 2.24) is 4.31 Å². The van der Waals surface area contributed by atoms with E-state index in [4.69, 9.17) is 4.74 Å². The molecule has 1 fully saturated rings. The maximum Gasteiger partial charge on any atom is 0.315 e. The number of nitrogens with one attached hydrogen (secondary N) is 1. The molecule has 3 atom stereocenters. The number of ether oxygens (including phenoxy) is 1. The maximum absolute atomic E-state index is 13.6. The number of benzene rings is 2. The molecule has 0 aliphatic heterocycles. The van der Waals surface area contributed by atoms with E-state index in [0.29, 0.717) is 17.1 Å². The first kappa shape index (κ1) is 29.3. The van der Waals surface area contributed by atoms with Crippen LogP contribution in [0.4, 0.5) is 0 Å². The Balaban J connectivity index is 1.88. The molecule has 0 saturated heterocycles. The fourth-order valence-electron chi connectivity index (χ4n) is 5.23. The zero-order valence-electron chi connectivity index (χ0n) is 22.6. The average molecular weight is 532 g/mol. The molecule has 204 valence electrons. The number of carbonyl (C=O) groups excluding carboxylic acids is 1. The van der Waals surface area contributed by atoms with Gasteiger partial charge in [-0.05, 0) is 48.6 Å². The van der Waals surface area contributed by atoms with Crippen LogP contribution in [0.25, 0.3) is 0 Å². The Bertz CT molecular complexity index is 1080. The van der Waals surface area contributed by atoms with Crippen molar-refractivity contribution >= 4 is 15.9 Å². The van der Waals surface area contributed by atoms with Gasteiger partial charge in [-0.25, -0.2) is 13.2 Å². The lowest BCUT2D eigenvalue weighted by molar-refractivity contribution is -0.833. The van der Waals surface area contributed by atoms with Gasteiger partial charge in [0.1, 0.15) is 17.9 Å². The number of amides is 1. The quantitative estimate of drug-likeness (QED) is 0.440. The molecule has 1 aliphatic carbocycles. The van der Waals surface area contributed by atoms with Crippen molar-refractivity contribution in [3.63, 3.8) is 0 Å². The van der Waals surface area contributed by atoms with Gasteiger partial charge in [-0.15, -0.1) is 0 Å². The molecule has 8 heteroatoms. The highest BCUT2D eigenvalue weighted by Crippen LogP contribution is 2.24. The minimum atomic E-state index is -3.87. The lowest BCUT2D eigenvalue weighted by Gasteiger charge is -2.33. The first-order valence-electron chi connectivity index (χ1n) is 13.4. The normalized spacial score (nSPS) is 17.5. The number of likely N-dealkylation sites (N-methyl/N-ethyl adjacent to an activating group) is 1. The standard InChI is InChI=1S/C29H42N2O5S/c1-22(2)20-31(37(34,35)26-17-15-25(36-4)16-18-26)21-28(32)27(19-23-11-7-5-8-12-23)30(3)29(33)24-13-9-6-10-14-24/h5,7-8,11-12,15-18,22,24,27-28,32H,6,9-10,13-14,19-21H2,1-4H3/p+1/t27-,28+/m0/s1. The highest BCUT2D eigenvalue weighted by Gasteiger charge is 2.39. The lowest BCUT2D eigenvalue weighted by Crippen LogP contribution is -3.18. The summed E-state index contributed by atoms with van der Waals surface area (Å²) >= 11 is 0. The van der Waals surface area contributed by atoms with Gasteiger partial charge in [0.2, 0.25) is 10.0 Å². The summed E-state index contributed by atoms with van der Waals surface area (Å²) in [4.78, 5) is 14.3. The fraction of sp³-hybridized carbons (Fsp3) is 0.552. The highest BCUT2D eigenvalue weighted by molar-refractivity contribution is 7.89. The van der Waals surface area contributed by atoms with Crippen molar-refractivity contribution in [2.75, 3.05) is 27.2 Å². The van der Waals surface area contributed by atoms with Crippen LogP contribution in [-0.4, -0.2) is 63.1 Å². The van der Waals surface area contributed by atoms with E-state index in [0.717, 1.165) is 37.7 Å². The Morgan fingerprint density at radius 3 is 2.22 bits per heavy atom. The van der Waals surface area contributed by atoms with E-state index in [9.17, 15) is 18.3 Å². The monoisotopic (exact) mass is 531 g/mol. The van der Waals surface area contributed by atoms with Gasteiger partial charge in [0.05, 0.1) is 25.0 Å². The molecule has 0 bridgehead atoms. The largest absolute Gasteiger partial charge is 0.497 e. The second-order valence-electron chi connectivity index (χ2n) is 10.6. The Morgan fingerprint density at radius 2 is 1.65 bits per heavy atom. The number of sulfonamides is 1. The van der Waals surface area contributed by atoms with Crippen LogP contribution >= 0.6 is 0 Å². The molecule has 1 saturated carbocycles. The van der Waals surface area contributed by atoms with Crippen LogP contribution in [-0.2, 0) is 21.2 Å². The maximum atomic E-state index is 13.6. The van der Waals surface area contributed by atoms with Crippen LogP contribution in [0.3, 0.4) is 0 Å². The molecular formula is C29H43N2O5S+. The van der Waals surface area contributed by atoms with E-state index in [1.165, 1.54) is 23.5 Å². The molecule has 37 heavy (non-hydrogen) atoms. The number of methoxy groups -OCH3 is 1. The lowest BCUT2D eigenvalue weighted by atomic mass is 9.87. The molecular weight excluding hydrogens is 488 g/mol. The Morgan fingerprint density at radius 1 is 1.03 bits per heavy atom. The van der Waals surface area contributed by atoms with Crippen molar-refractivity contribution in [3.05, 3.63) is 60.2 Å². The Labute approximate surface area is 222 Å². The van der Waals surface area contributed by atoms with Gasteiger partial charge in [-0.2, -0.15) is 4.31 Å². The Hall–Kier alpha value is -2.26. The van der Waals surface area contributed by atoms with Crippen LogP contribution < -0.4 is 9.64 Å². The molecule has 2 aromatic carbocycles. The third kappa shape index (κ3) is 7.87. The predicted molar refractivity (Wildman–Crippen MR) is 145 cm³/mol. The number of aliphatic hydroxyl groups excluding tert-OH is 1. The number of aliphatic hydroxyl groups is 1. The van der Waals surface area contributed by atoms with E-state index in [-0.39, 0.29) is 35.7 Å². The topological polar surface area (TPSA) is 88.3 Å². The summed E-state index contributed by atoms with van der Waals surface area (Å²) in [7, 11) is -0.501. The summed E-state index contributed by atoms with van der Waals surface area (Å²) < 4.78 is 33.8. The molecule has 2 aromatic rings. The van der Waals surface area contributed by atoms with Crippen LogP contribution in [0, 0.1) is 11.8 Å². The summed E-state index contributed by atoms with van der Waals surface area (Å²) in [6.45, 7) is 4.08. The summed E-state index contributed by atoms with van der Waals surface area (Å²) in [5.41, 5.74) is 1.01. The van der Waals surface area contributed by atoms with Crippen LogP contribution in [0.1, 0.15) is 51.5 Å². The van der Waals surface area contributed by atoms with Crippen molar-refractivity contribution in [3.8, 4) is 5.75 Å². The molecule has 0 heterocycles. The summed E-state index contributed by atoms with van der Waals surface area (Å²) in [6.07, 6.45) is 4.48. The summed E-state index contributed by atoms with van der Waals surface area (Å²) in [5.74, 6) is 0.743. The summed E-state index contributed by atoms with van der Waals surface area (Å²) in [5, 5.41) is 11.6. The van der Waals surface area contributed by atoms with Crippen molar-refractivity contribution in [1.29, 1.82) is 0 Å². The van der Waals surface area contributed by atoms with Gasteiger partial charge in [0, 0.05) is 19.5 Å². The predicted octanol–water partition coefficient (Wildman–Crippen LogP) is 2.94. The highest BCUT2D eigenvalue weighted by atomic mass is 32.2. The van der Waals surface area contributed by atoms with Crippen molar-refractivity contribution < 1.29 is 28.0 Å². The van der Waals surface area contributed by atoms with Crippen molar-refractivity contribution in [2.45, 2.75) is 69.4 Å². The second kappa shape index (κ2) is 13.5. The number of carbonyl (C=O) groups is 1. The zero-order valence-corrected chi connectivity index (χ0v) is 23.4. The van der Waals surface area contributed by atoms with Crippen molar-refractivity contribution in [2.24, 2.45) is 11.8 Å². The van der Waals surface area contributed by atoms with Crippen LogP contribution in [0.2, 0.25) is 0 Å². The van der Waals surface area contributed by atoms with E-state index >= 15 is 0 Å². The van der Waals surface area contributed by atoms with E-state index in [2.05, 4.69) is 0 Å². The fourth-order valence-corrected chi connectivity index (χ4v) is 6.85. The van der Waals surface area contributed by atoms with Gasteiger partial charge in [0.15, 0.2) is 0 Å². The molecule has 1 amide bonds. The van der Waals surface area contributed by atoms with E-state index < -0.39 is 22.2 Å². The molecule has 0 aromatic heterocycles. The molecule has 1 unspecified atom stereocenters. The zero-order chi connectivity index (χ0) is 27.0. The minimum Gasteiger partial charge on any atom is -0.497 e. The molecule has 0 spiro atoms. The smallest absolute Gasteiger partial charge is 0.315 e. The second-order valence-corrected chi connectivity index (χ2v) is 12.6. The molecule has 0 radical (unpaired) electrons. The number of hydrogen-bond donors (Lipinski definition) is 2. The van der Waals surface area contributed by atoms with E-state index in [1.54, 1.807) is 12.1 Å². The number of hydrogen-bond acceptors (Lipinski definition) is 5. The van der Waals surface area contributed by atoms with Crippen LogP contribution in [0.15, 0.2) is 59.5 Å². The minimum absolute atomic E-state index is 0.00553. The molecule has 1 aliphatic rings. The summed E-state index contributed by atoms with van der Waals surface area (Å²) in [6, 6.07) is 15.6. The van der Waals surface area contributed by atoms with Gasteiger partial charge in [-0.1, -0.05) is 63.4 Å². The van der Waals surface area contributed by atoms with Gasteiger partial charge >= 0.3 is 5.91 Å². The third-order valence-electron chi connectivity index (χ3n) is 7.34. The first-order valence-corrected chi connectivity index (χ1v) is 14.8. The van der Waals surface area contributed by atoms with Gasteiger partial charge < -0.3 is 9.84 Å². The third-order valence-corrected chi connectivity index (χ3v) is 9.19. The number of rotatable bonds is 12.